The summed E-state index contributed by atoms with van der Waals surface area (Å²) in [4.78, 5) is 13.4. The van der Waals surface area contributed by atoms with Crippen LogP contribution in [0, 0.1) is 0 Å². The highest BCUT2D eigenvalue weighted by atomic mass is 15.2. The molecule has 2 heterocycles. The largest absolute Gasteiger partial charge is 0.357 e. The standard InChI is InChI=1S/C13H23N5/c1-3-18-6-4-5-12(18)10-17(2)13-9-15-8-11(7-14)16-13/h8-9,12H,3-7,10,14H2,1-2H3. The summed E-state index contributed by atoms with van der Waals surface area (Å²) in [7, 11) is 2.08. The summed E-state index contributed by atoms with van der Waals surface area (Å²) in [5.41, 5.74) is 6.44. The maximum atomic E-state index is 5.60. The number of aromatic nitrogens is 2. The van der Waals surface area contributed by atoms with Crippen LogP contribution in [0.15, 0.2) is 12.4 Å². The number of likely N-dealkylation sites (N-methyl/N-ethyl adjacent to an activating group) is 2. The molecule has 1 saturated heterocycles. The van der Waals surface area contributed by atoms with Crippen molar-refractivity contribution in [1.82, 2.24) is 14.9 Å². The Morgan fingerprint density at radius 2 is 2.33 bits per heavy atom. The zero-order chi connectivity index (χ0) is 13.0. The van der Waals surface area contributed by atoms with Crippen molar-refractivity contribution in [3.05, 3.63) is 18.1 Å². The van der Waals surface area contributed by atoms with E-state index in [4.69, 9.17) is 5.73 Å². The monoisotopic (exact) mass is 249 g/mol. The quantitative estimate of drug-likeness (QED) is 0.838. The van der Waals surface area contributed by atoms with Crippen LogP contribution >= 0.6 is 0 Å². The zero-order valence-corrected chi connectivity index (χ0v) is 11.3. The van der Waals surface area contributed by atoms with Crippen molar-refractivity contribution in [2.45, 2.75) is 32.4 Å². The van der Waals surface area contributed by atoms with Gasteiger partial charge in [-0.15, -0.1) is 0 Å². The van der Waals surface area contributed by atoms with E-state index < -0.39 is 0 Å². The Bertz CT molecular complexity index is 381. The van der Waals surface area contributed by atoms with Crippen LogP contribution < -0.4 is 10.6 Å². The van der Waals surface area contributed by atoms with Gasteiger partial charge in [0, 0.05) is 32.4 Å². The van der Waals surface area contributed by atoms with Gasteiger partial charge in [-0.3, -0.25) is 9.88 Å². The molecule has 1 unspecified atom stereocenters. The minimum Gasteiger partial charge on any atom is -0.357 e. The molecule has 0 bridgehead atoms. The molecule has 1 aromatic rings. The number of likely N-dealkylation sites (tertiary alicyclic amines) is 1. The molecule has 5 heteroatoms. The number of rotatable bonds is 5. The van der Waals surface area contributed by atoms with Crippen molar-refractivity contribution in [2.75, 3.05) is 31.6 Å². The van der Waals surface area contributed by atoms with Crippen LogP contribution in [0.1, 0.15) is 25.5 Å². The van der Waals surface area contributed by atoms with Crippen LogP contribution in [-0.4, -0.2) is 47.6 Å². The van der Waals surface area contributed by atoms with Gasteiger partial charge < -0.3 is 10.6 Å². The van der Waals surface area contributed by atoms with Gasteiger partial charge in [-0.1, -0.05) is 6.92 Å². The first kappa shape index (κ1) is 13.2. The lowest BCUT2D eigenvalue weighted by Crippen LogP contribution is -2.39. The Hall–Kier alpha value is -1.20. The molecule has 1 aromatic heterocycles. The number of hydrogen-bond donors (Lipinski definition) is 1. The van der Waals surface area contributed by atoms with Gasteiger partial charge in [-0.25, -0.2) is 4.98 Å². The van der Waals surface area contributed by atoms with Gasteiger partial charge in [0.05, 0.1) is 11.9 Å². The second-order valence-corrected chi connectivity index (χ2v) is 4.88. The molecular formula is C13H23N5. The maximum Gasteiger partial charge on any atom is 0.147 e. The van der Waals surface area contributed by atoms with Gasteiger partial charge in [0.1, 0.15) is 5.82 Å². The molecule has 1 aliphatic rings. The molecule has 0 radical (unpaired) electrons. The van der Waals surface area contributed by atoms with Crippen LogP contribution in [0.25, 0.3) is 0 Å². The predicted molar refractivity (Wildman–Crippen MR) is 73.5 cm³/mol. The highest BCUT2D eigenvalue weighted by Gasteiger charge is 2.24. The summed E-state index contributed by atoms with van der Waals surface area (Å²) < 4.78 is 0. The van der Waals surface area contributed by atoms with E-state index in [1.807, 2.05) is 6.20 Å². The molecule has 0 spiro atoms. The van der Waals surface area contributed by atoms with Crippen molar-refractivity contribution in [2.24, 2.45) is 5.73 Å². The third-order valence-electron chi connectivity index (χ3n) is 3.66. The van der Waals surface area contributed by atoms with Gasteiger partial charge in [0.15, 0.2) is 0 Å². The molecule has 0 amide bonds. The average Bonchev–Trinajstić information content (AvgIpc) is 2.86. The van der Waals surface area contributed by atoms with E-state index in [-0.39, 0.29) is 0 Å². The van der Waals surface area contributed by atoms with E-state index in [9.17, 15) is 0 Å². The molecule has 0 aliphatic carbocycles. The first-order valence-electron chi connectivity index (χ1n) is 6.70. The summed E-state index contributed by atoms with van der Waals surface area (Å²) in [6.07, 6.45) is 6.12. The van der Waals surface area contributed by atoms with Crippen LogP contribution in [0.5, 0.6) is 0 Å². The Labute approximate surface area is 109 Å². The van der Waals surface area contributed by atoms with Crippen LogP contribution in [0.3, 0.4) is 0 Å². The van der Waals surface area contributed by atoms with Crippen molar-refractivity contribution in [3.63, 3.8) is 0 Å². The van der Waals surface area contributed by atoms with Crippen molar-refractivity contribution < 1.29 is 0 Å². The second-order valence-electron chi connectivity index (χ2n) is 4.88. The number of nitrogens with two attached hydrogens (primary N) is 1. The van der Waals surface area contributed by atoms with E-state index in [0.29, 0.717) is 12.6 Å². The Balaban J connectivity index is 2.00. The number of nitrogens with zero attached hydrogens (tertiary/aromatic N) is 4. The minimum atomic E-state index is 0.444. The second kappa shape index (κ2) is 6.11. The summed E-state index contributed by atoms with van der Waals surface area (Å²) in [5, 5.41) is 0. The number of hydrogen-bond acceptors (Lipinski definition) is 5. The molecule has 1 aliphatic heterocycles. The Morgan fingerprint density at radius 1 is 1.50 bits per heavy atom. The van der Waals surface area contributed by atoms with Crippen LogP contribution in [-0.2, 0) is 6.54 Å². The first-order chi connectivity index (χ1) is 8.74. The average molecular weight is 249 g/mol. The molecule has 5 nitrogen and oxygen atoms in total. The van der Waals surface area contributed by atoms with E-state index in [1.165, 1.54) is 19.4 Å². The molecule has 18 heavy (non-hydrogen) atoms. The van der Waals surface area contributed by atoms with E-state index in [1.54, 1.807) is 6.20 Å². The molecule has 1 fully saturated rings. The lowest BCUT2D eigenvalue weighted by Gasteiger charge is -2.28. The van der Waals surface area contributed by atoms with E-state index in [2.05, 4.69) is 33.7 Å². The minimum absolute atomic E-state index is 0.444. The molecule has 0 aromatic carbocycles. The lowest BCUT2D eigenvalue weighted by molar-refractivity contribution is 0.270. The fourth-order valence-corrected chi connectivity index (χ4v) is 2.60. The van der Waals surface area contributed by atoms with Gasteiger partial charge in [-0.05, 0) is 25.9 Å². The van der Waals surface area contributed by atoms with E-state index in [0.717, 1.165) is 24.6 Å². The highest BCUT2D eigenvalue weighted by Crippen LogP contribution is 2.19. The Kier molecular flexibility index (Phi) is 4.49. The Morgan fingerprint density at radius 3 is 3.06 bits per heavy atom. The fourth-order valence-electron chi connectivity index (χ4n) is 2.60. The van der Waals surface area contributed by atoms with E-state index >= 15 is 0 Å². The molecule has 2 N–H and O–H groups in total. The van der Waals surface area contributed by atoms with Crippen molar-refractivity contribution >= 4 is 5.82 Å². The fraction of sp³-hybridized carbons (Fsp3) is 0.692. The predicted octanol–water partition coefficient (Wildman–Crippen LogP) is 0.856. The SMILES string of the molecule is CCN1CCCC1CN(C)c1cncc(CN)n1. The smallest absolute Gasteiger partial charge is 0.147 e. The summed E-state index contributed by atoms with van der Waals surface area (Å²) in [6.45, 7) is 6.04. The topological polar surface area (TPSA) is 58.3 Å². The molecule has 100 valence electrons. The van der Waals surface area contributed by atoms with Gasteiger partial charge in [0.2, 0.25) is 0 Å². The summed E-state index contributed by atoms with van der Waals surface area (Å²) in [5.74, 6) is 0.918. The first-order valence-corrected chi connectivity index (χ1v) is 6.70. The summed E-state index contributed by atoms with van der Waals surface area (Å²) >= 11 is 0. The molecule has 0 saturated carbocycles. The zero-order valence-electron chi connectivity index (χ0n) is 11.3. The van der Waals surface area contributed by atoms with Gasteiger partial charge >= 0.3 is 0 Å². The molecule has 2 rings (SSSR count). The van der Waals surface area contributed by atoms with Crippen molar-refractivity contribution in [1.29, 1.82) is 0 Å². The lowest BCUT2D eigenvalue weighted by atomic mass is 10.2. The number of anilines is 1. The normalized spacial score (nSPS) is 20.3. The highest BCUT2D eigenvalue weighted by molar-refractivity contribution is 5.35. The van der Waals surface area contributed by atoms with Gasteiger partial charge in [0.25, 0.3) is 0 Å². The third kappa shape index (κ3) is 2.97. The molecule has 1 atom stereocenters. The summed E-state index contributed by atoms with van der Waals surface area (Å²) in [6, 6.07) is 0.642. The van der Waals surface area contributed by atoms with Crippen LogP contribution in [0.4, 0.5) is 5.82 Å². The van der Waals surface area contributed by atoms with Crippen molar-refractivity contribution in [3.8, 4) is 0 Å². The van der Waals surface area contributed by atoms with Gasteiger partial charge in [-0.2, -0.15) is 0 Å². The molecular weight excluding hydrogens is 226 g/mol. The third-order valence-corrected chi connectivity index (χ3v) is 3.66. The maximum absolute atomic E-state index is 5.60. The van der Waals surface area contributed by atoms with Crippen LogP contribution in [0.2, 0.25) is 0 Å².